The van der Waals surface area contributed by atoms with E-state index < -0.39 is 15.4 Å². The maximum atomic E-state index is 11.9. The minimum absolute atomic E-state index is 0. The number of phenols is 1. The van der Waals surface area contributed by atoms with Crippen LogP contribution in [0.1, 0.15) is 35.4 Å². The third kappa shape index (κ3) is 7.80. The Morgan fingerprint density at radius 3 is 2.06 bits per heavy atom. The third-order valence-corrected chi connectivity index (χ3v) is 6.51. The molecule has 2 atom stereocenters. The van der Waals surface area contributed by atoms with Crippen LogP contribution in [-0.4, -0.2) is 23.3 Å². The predicted octanol–water partition coefficient (Wildman–Crippen LogP) is 1.44. The zero-order chi connectivity index (χ0) is 22.3. The molecule has 162 valence electrons. The molecule has 3 aromatic carbocycles. The summed E-state index contributed by atoms with van der Waals surface area (Å²) in [6, 6.07) is 22.9. The van der Waals surface area contributed by atoms with Gasteiger partial charge in [0.15, 0.2) is 0 Å². The summed E-state index contributed by atoms with van der Waals surface area (Å²) in [6.07, 6.45) is 4.56. The summed E-state index contributed by atoms with van der Waals surface area (Å²) in [5.74, 6) is -0.0383. The van der Waals surface area contributed by atoms with Gasteiger partial charge in [-0.15, -0.1) is 5.75 Å². The Morgan fingerprint density at radius 1 is 0.875 bits per heavy atom. The van der Waals surface area contributed by atoms with Gasteiger partial charge in [0.1, 0.15) is 5.75 Å². The molecule has 0 aliphatic heterocycles. The van der Waals surface area contributed by atoms with Crippen molar-refractivity contribution in [3.8, 4) is 11.5 Å². The first-order chi connectivity index (χ1) is 14.8. The van der Waals surface area contributed by atoms with E-state index in [-0.39, 0.29) is 59.8 Å². The van der Waals surface area contributed by atoms with Crippen molar-refractivity contribution in [1.82, 2.24) is 0 Å². The quantitative estimate of drug-likeness (QED) is 0.286. The number of aromatic hydroxyl groups is 1. The minimum Gasteiger partial charge on any atom is -0.872 e. The number of allylic oxidation sites excluding steroid dienone is 2. The Balaban J connectivity index is 0.00000363. The van der Waals surface area contributed by atoms with Crippen molar-refractivity contribution in [3.63, 3.8) is 0 Å². The van der Waals surface area contributed by atoms with E-state index in [1.54, 1.807) is 30.3 Å². The average Bonchev–Trinajstić information content (AvgIpc) is 2.75. The summed E-state index contributed by atoms with van der Waals surface area (Å²) >= 11 is 0. The van der Waals surface area contributed by atoms with Crippen LogP contribution in [-0.2, 0) is 16.5 Å². The van der Waals surface area contributed by atoms with Crippen molar-refractivity contribution in [1.29, 1.82) is 0 Å². The second kappa shape index (κ2) is 12.2. The molecule has 0 amide bonds. The van der Waals surface area contributed by atoms with Crippen molar-refractivity contribution in [2.75, 3.05) is 0 Å². The largest absolute Gasteiger partial charge is 1.00 e. The molecule has 0 aromatic heterocycles. The Morgan fingerprint density at radius 2 is 1.47 bits per heavy atom. The zero-order valence-corrected chi connectivity index (χ0v) is 20.8. The van der Waals surface area contributed by atoms with Crippen LogP contribution in [0.4, 0.5) is 0 Å². The SMILES string of the molecule is O=S(=O)(O)[C@@H](C/C=C/C(c1ccccc1)c1ccc(O)cc1)CCc1ccc([O-])cc1.[Na+]. The Bertz CT molecular complexity index is 1100. The fourth-order valence-corrected chi connectivity index (χ4v) is 4.27. The summed E-state index contributed by atoms with van der Waals surface area (Å²) in [7, 11) is -4.22. The fraction of sp³-hybridized carbons (Fsp3) is 0.200. The van der Waals surface area contributed by atoms with Crippen LogP contribution in [0.25, 0.3) is 0 Å². The monoisotopic (exact) mass is 460 g/mol. The van der Waals surface area contributed by atoms with Gasteiger partial charge in [-0.05, 0) is 48.1 Å². The Labute approximate surface area is 211 Å². The number of rotatable bonds is 9. The van der Waals surface area contributed by atoms with Gasteiger partial charge in [-0.2, -0.15) is 8.42 Å². The van der Waals surface area contributed by atoms with E-state index in [1.807, 2.05) is 48.5 Å². The minimum atomic E-state index is -4.22. The number of aryl methyl sites for hydroxylation is 1. The van der Waals surface area contributed by atoms with Crippen LogP contribution in [0.5, 0.6) is 11.5 Å². The summed E-state index contributed by atoms with van der Waals surface area (Å²) in [4.78, 5) is 0. The first kappa shape index (κ1) is 26.2. The van der Waals surface area contributed by atoms with Gasteiger partial charge in [0.25, 0.3) is 10.1 Å². The molecule has 7 heteroatoms. The number of hydrogen-bond donors (Lipinski definition) is 2. The topological polar surface area (TPSA) is 97.7 Å². The van der Waals surface area contributed by atoms with E-state index in [2.05, 4.69) is 0 Å². The maximum absolute atomic E-state index is 11.9. The molecule has 0 spiro atoms. The van der Waals surface area contributed by atoms with Crippen molar-refractivity contribution in [3.05, 3.63) is 108 Å². The van der Waals surface area contributed by atoms with Crippen molar-refractivity contribution in [2.24, 2.45) is 0 Å². The maximum Gasteiger partial charge on any atom is 1.00 e. The van der Waals surface area contributed by atoms with E-state index in [9.17, 15) is 23.2 Å². The van der Waals surface area contributed by atoms with Gasteiger partial charge in [0.2, 0.25) is 0 Å². The zero-order valence-electron chi connectivity index (χ0n) is 18.0. The van der Waals surface area contributed by atoms with Gasteiger partial charge in [-0.25, -0.2) is 0 Å². The fourth-order valence-electron chi connectivity index (χ4n) is 3.50. The van der Waals surface area contributed by atoms with Gasteiger partial charge in [-0.3, -0.25) is 4.55 Å². The second-order valence-electron chi connectivity index (χ2n) is 7.46. The molecule has 0 saturated heterocycles. The van der Waals surface area contributed by atoms with Crippen LogP contribution in [0.2, 0.25) is 0 Å². The molecule has 1 unspecified atom stereocenters. The van der Waals surface area contributed by atoms with E-state index in [0.29, 0.717) is 6.42 Å². The smallest absolute Gasteiger partial charge is 0.872 e. The van der Waals surface area contributed by atoms with Gasteiger partial charge in [0.05, 0.1) is 5.25 Å². The average molecular weight is 461 g/mol. The first-order valence-electron chi connectivity index (χ1n) is 10.1. The number of benzene rings is 3. The molecule has 32 heavy (non-hydrogen) atoms. The van der Waals surface area contributed by atoms with Gasteiger partial charge >= 0.3 is 29.6 Å². The van der Waals surface area contributed by atoms with Crippen molar-refractivity contribution in [2.45, 2.75) is 30.4 Å². The summed E-state index contributed by atoms with van der Waals surface area (Å²) in [5, 5.41) is 19.9. The molecule has 0 aliphatic rings. The normalized spacial score (nSPS) is 13.4. The Kier molecular flexibility index (Phi) is 10.0. The molecule has 2 N–H and O–H groups in total. The van der Waals surface area contributed by atoms with E-state index in [0.717, 1.165) is 16.7 Å². The molecule has 0 saturated carbocycles. The second-order valence-corrected chi connectivity index (χ2v) is 9.16. The predicted molar refractivity (Wildman–Crippen MR) is 120 cm³/mol. The summed E-state index contributed by atoms with van der Waals surface area (Å²) in [5.41, 5.74) is 2.84. The third-order valence-electron chi connectivity index (χ3n) is 5.24. The standard InChI is InChI=1S/C25H26O5S.Na/c26-22-14-9-19(10-15-22)11-18-24(31(28,29)30)7-4-8-25(20-5-2-1-3-6-20)21-12-16-23(27)17-13-21;/h1-6,8-10,12-17,24-27H,7,11,18H2,(H,28,29,30);/q;+1/p-1/b8-4+;/t24-,25?;/m0./s1. The molecular formula is C25H25NaO5S. The molecule has 0 heterocycles. The summed E-state index contributed by atoms with van der Waals surface area (Å²) < 4.78 is 33.5. The van der Waals surface area contributed by atoms with E-state index in [4.69, 9.17) is 0 Å². The van der Waals surface area contributed by atoms with Crippen LogP contribution < -0.4 is 34.7 Å². The van der Waals surface area contributed by atoms with E-state index >= 15 is 0 Å². The van der Waals surface area contributed by atoms with Crippen LogP contribution in [0, 0.1) is 0 Å². The molecule has 0 aliphatic carbocycles. The Hall–Kier alpha value is -2.09. The van der Waals surface area contributed by atoms with Gasteiger partial charge in [0, 0.05) is 5.92 Å². The van der Waals surface area contributed by atoms with E-state index in [1.165, 1.54) is 12.1 Å². The van der Waals surface area contributed by atoms with Crippen molar-refractivity contribution < 1.29 is 52.7 Å². The summed E-state index contributed by atoms with van der Waals surface area (Å²) in [6.45, 7) is 0. The number of hydrogen-bond acceptors (Lipinski definition) is 4. The van der Waals surface area contributed by atoms with Crippen molar-refractivity contribution >= 4 is 10.1 Å². The molecular weight excluding hydrogens is 435 g/mol. The molecule has 0 radical (unpaired) electrons. The van der Waals surface area contributed by atoms with Crippen LogP contribution in [0.3, 0.4) is 0 Å². The van der Waals surface area contributed by atoms with Crippen LogP contribution in [0.15, 0.2) is 91.0 Å². The molecule has 3 aromatic rings. The van der Waals surface area contributed by atoms with Gasteiger partial charge < -0.3 is 10.2 Å². The molecule has 5 nitrogen and oxygen atoms in total. The van der Waals surface area contributed by atoms with Crippen LogP contribution >= 0.6 is 0 Å². The first-order valence-corrected chi connectivity index (χ1v) is 11.6. The molecule has 0 bridgehead atoms. The number of phenolic OH excluding ortho intramolecular Hbond substituents is 1. The van der Waals surface area contributed by atoms with Gasteiger partial charge in [-0.1, -0.05) is 78.9 Å². The molecule has 3 rings (SSSR count). The molecule has 0 fully saturated rings.